The largest absolute Gasteiger partial charge is 0.416 e. The summed E-state index contributed by atoms with van der Waals surface area (Å²) in [5.74, 6) is 0. The predicted molar refractivity (Wildman–Crippen MR) is 81.6 cm³/mol. The first-order valence-corrected chi connectivity index (χ1v) is 7.39. The van der Waals surface area contributed by atoms with Crippen molar-refractivity contribution in [1.82, 2.24) is 0 Å². The molecule has 120 valence electrons. The molecule has 0 amide bonds. The first-order chi connectivity index (χ1) is 9.70. The zero-order valence-corrected chi connectivity index (χ0v) is 13.2. The third kappa shape index (κ3) is 4.63. The van der Waals surface area contributed by atoms with Crippen molar-refractivity contribution in [3.8, 4) is 0 Å². The molecule has 0 bridgehead atoms. The molecule has 0 fully saturated rings. The first-order valence-electron chi connectivity index (χ1n) is 7.39. The number of alkyl halides is 3. The molecule has 0 heterocycles. The number of rotatable bonds is 6. The van der Waals surface area contributed by atoms with E-state index in [2.05, 4.69) is 0 Å². The van der Waals surface area contributed by atoms with E-state index >= 15 is 0 Å². The molecule has 1 rings (SSSR count). The van der Waals surface area contributed by atoms with Gasteiger partial charge in [-0.1, -0.05) is 19.9 Å². The van der Waals surface area contributed by atoms with Crippen LogP contribution in [-0.2, 0) is 12.6 Å². The van der Waals surface area contributed by atoms with Crippen molar-refractivity contribution in [2.45, 2.75) is 58.3 Å². The standard InChI is InChI=1S/C16H25F3N2/c1-5-13(6-2)21(4)14-8-7-12(9-11(3)20)15(10-14)16(17,18)19/h7-8,10-11,13H,5-6,9,20H2,1-4H3. The van der Waals surface area contributed by atoms with Gasteiger partial charge in [0.05, 0.1) is 5.56 Å². The lowest BCUT2D eigenvalue weighted by molar-refractivity contribution is -0.138. The van der Waals surface area contributed by atoms with Gasteiger partial charge in [-0.2, -0.15) is 13.2 Å². The van der Waals surface area contributed by atoms with Gasteiger partial charge in [-0.25, -0.2) is 0 Å². The van der Waals surface area contributed by atoms with E-state index in [1.54, 1.807) is 19.1 Å². The van der Waals surface area contributed by atoms with E-state index in [4.69, 9.17) is 5.73 Å². The highest BCUT2D eigenvalue weighted by Gasteiger charge is 2.34. The van der Waals surface area contributed by atoms with Gasteiger partial charge in [-0.3, -0.25) is 0 Å². The smallest absolute Gasteiger partial charge is 0.372 e. The van der Waals surface area contributed by atoms with E-state index < -0.39 is 11.7 Å². The molecule has 0 aromatic heterocycles. The average Bonchev–Trinajstić information content (AvgIpc) is 2.38. The molecule has 0 aliphatic heterocycles. The van der Waals surface area contributed by atoms with Gasteiger partial charge in [0, 0.05) is 24.8 Å². The van der Waals surface area contributed by atoms with E-state index in [1.807, 2.05) is 25.8 Å². The van der Waals surface area contributed by atoms with Crippen LogP contribution in [0.4, 0.5) is 18.9 Å². The minimum Gasteiger partial charge on any atom is -0.372 e. The molecule has 2 nitrogen and oxygen atoms in total. The van der Waals surface area contributed by atoms with Gasteiger partial charge in [0.15, 0.2) is 0 Å². The van der Waals surface area contributed by atoms with Crippen LogP contribution in [0.2, 0.25) is 0 Å². The molecule has 0 aliphatic rings. The van der Waals surface area contributed by atoms with Crippen LogP contribution in [0, 0.1) is 0 Å². The number of halogens is 3. The molecule has 0 aliphatic carbocycles. The van der Waals surface area contributed by atoms with Crippen LogP contribution < -0.4 is 10.6 Å². The highest BCUT2D eigenvalue weighted by atomic mass is 19.4. The molecule has 1 aromatic carbocycles. The zero-order chi connectivity index (χ0) is 16.2. The van der Waals surface area contributed by atoms with Crippen LogP contribution >= 0.6 is 0 Å². The molecule has 1 unspecified atom stereocenters. The molecular formula is C16H25F3N2. The second kappa shape index (κ2) is 7.16. The third-order valence-corrected chi connectivity index (χ3v) is 3.84. The summed E-state index contributed by atoms with van der Waals surface area (Å²) in [5.41, 5.74) is 5.94. The Kier molecular flexibility index (Phi) is 6.08. The summed E-state index contributed by atoms with van der Waals surface area (Å²) in [6, 6.07) is 4.50. The Morgan fingerprint density at radius 2 is 1.76 bits per heavy atom. The zero-order valence-electron chi connectivity index (χ0n) is 13.2. The Morgan fingerprint density at radius 3 is 2.19 bits per heavy atom. The predicted octanol–water partition coefficient (Wildman–Crippen LogP) is 4.22. The lowest BCUT2D eigenvalue weighted by Crippen LogP contribution is -2.30. The van der Waals surface area contributed by atoms with Crippen molar-refractivity contribution in [2.24, 2.45) is 5.73 Å². The van der Waals surface area contributed by atoms with Crippen LogP contribution in [0.15, 0.2) is 18.2 Å². The summed E-state index contributed by atoms with van der Waals surface area (Å²) in [6.07, 6.45) is -2.33. The van der Waals surface area contributed by atoms with Crippen molar-refractivity contribution in [3.05, 3.63) is 29.3 Å². The maximum Gasteiger partial charge on any atom is 0.416 e. The van der Waals surface area contributed by atoms with Crippen molar-refractivity contribution < 1.29 is 13.2 Å². The molecule has 2 N–H and O–H groups in total. The van der Waals surface area contributed by atoms with Crippen LogP contribution in [0.5, 0.6) is 0 Å². The summed E-state index contributed by atoms with van der Waals surface area (Å²) >= 11 is 0. The minimum absolute atomic E-state index is 0.226. The maximum absolute atomic E-state index is 13.2. The number of benzene rings is 1. The normalized spacial score (nSPS) is 13.6. The number of anilines is 1. The molecule has 21 heavy (non-hydrogen) atoms. The summed E-state index contributed by atoms with van der Waals surface area (Å²) in [6.45, 7) is 5.80. The van der Waals surface area contributed by atoms with Crippen molar-refractivity contribution >= 4 is 5.69 Å². The van der Waals surface area contributed by atoms with E-state index in [9.17, 15) is 13.2 Å². The van der Waals surface area contributed by atoms with Crippen LogP contribution in [0.25, 0.3) is 0 Å². The van der Waals surface area contributed by atoms with E-state index in [0.29, 0.717) is 5.69 Å². The third-order valence-electron chi connectivity index (χ3n) is 3.84. The molecule has 0 radical (unpaired) electrons. The number of hydrogen-bond donors (Lipinski definition) is 1. The molecule has 5 heteroatoms. The molecule has 0 saturated carbocycles. The van der Waals surface area contributed by atoms with Gasteiger partial charge >= 0.3 is 6.18 Å². The number of hydrogen-bond acceptors (Lipinski definition) is 2. The summed E-state index contributed by atoms with van der Waals surface area (Å²) in [5, 5.41) is 0. The lowest BCUT2D eigenvalue weighted by atomic mass is 9.99. The Balaban J connectivity index is 3.21. The molecule has 1 atom stereocenters. The fourth-order valence-corrected chi connectivity index (χ4v) is 2.62. The van der Waals surface area contributed by atoms with Gasteiger partial charge < -0.3 is 10.6 Å². The molecule has 0 saturated heterocycles. The average molecular weight is 302 g/mol. The Hall–Kier alpha value is -1.23. The highest BCUT2D eigenvalue weighted by Crippen LogP contribution is 2.35. The van der Waals surface area contributed by atoms with Crippen molar-refractivity contribution in [1.29, 1.82) is 0 Å². The topological polar surface area (TPSA) is 29.3 Å². The summed E-state index contributed by atoms with van der Waals surface area (Å²) in [7, 11) is 1.85. The van der Waals surface area contributed by atoms with Gasteiger partial charge in [0.25, 0.3) is 0 Å². The minimum atomic E-state index is -4.35. The molecule has 0 spiro atoms. The fraction of sp³-hybridized carbons (Fsp3) is 0.625. The van der Waals surface area contributed by atoms with E-state index in [0.717, 1.165) is 12.8 Å². The van der Waals surface area contributed by atoms with Crippen LogP contribution in [0.3, 0.4) is 0 Å². The SMILES string of the molecule is CCC(CC)N(C)c1ccc(CC(C)N)c(C(F)(F)F)c1. The Labute approximate surface area is 125 Å². The lowest BCUT2D eigenvalue weighted by Gasteiger charge is -2.29. The van der Waals surface area contributed by atoms with Crippen LogP contribution in [0.1, 0.15) is 44.7 Å². The quantitative estimate of drug-likeness (QED) is 0.852. The molecular weight excluding hydrogens is 277 g/mol. The van der Waals surface area contributed by atoms with Crippen molar-refractivity contribution in [3.63, 3.8) is 0 Å². The second-order valence-electron chi connectivity index (χ2n) is 5.60. The maximum atomic E-state index is 13.2. The number of nitrogens with two attached hydrogens (primary N) is 1. The number of nitrogens with zero attached hydrogens (tertiary/aromatic N) is 1. The fourth-order valence-electron chi connectivity index (χ4n) is 2.62. The Morgan fingerprint density at radius 1 is 1.19 bits per heavy atom. The first kappa shape index (κ1) is 17.8. The van der Waals surface area contributed by atoms with Gasteiger partial charge in [-0.05, 0) is 43.9 Å². The second-order valence-corrected chi connectivity index (χ2v) is 5.60. The van der Waals surface area contributed by atoms with Gasteiger partial charge in [0.1, 0.15) is 0 Å². The van der Waals surface area contributed by atoms with E-state index in [1.165, 1.54) is 6.07 Å². The monoisotopic (exact) mass is 302 g/mol. The Bertz CT molecular complexity index is 451. The van der Waals surface area contributed by atoms with Gasteiger partial charge in [0.2, 0.25) is 0 Å². The van der Waals surface area contributed by atoms with E-state index in [-0.39, 0.29) is 24.1 Å². The summed E-state index contributed by atoms with van der Waals surface area (Å²) < 4.78 is 39.7. The van der Waals surface area contributed by atoms with Gasteiger partial charge in [-0.15, -0.1) is 0 Å². The summed E-state index contributed by atoms with van der Waals surface area (Å²) in [4.78, 5) is 1.92. The van der Waals surface area contributed by atoms with Crippen molar-refractivity contribution in [2.75, 3.05) is 11.9 Å². The molecule has 1 aromatic rings. The van der Waals surface area contributed by atoms with Crippen LogP contribution in [-0.4, -0.2) is 19.1 Å². The highest BCUT2D eigenvalue weighted by molar-refractivity contribution is 5.52.